The number of hydrogen-bond donors (Lipinski definition) is 1. The third-order valence-electron chi connectivity index (χ3n) is 4.01. The van der Waals surface area contributed by atoms with Crippen LogP contribution in [0.2, 0.25) is 0 Å². The molecule has 2 aliphatic rings. The average molecular weight is 238 g/mol. The maximum Gasteiger partial charge on any atom is 0.229 e. The normalized spacial score (nSPS) is 30.8. The average Bonchev–Trinajstić information content (AvgIpc) is 2.34. The van der Waals surface area contributed by atoms with E-state index in [0.29, 0.717) is 31.3 Å². The predicted octanol–water partition coefficient (Wildman–Crippen LogP) is 1.30. The Morgan fingerprint density at radius 1 is 1.24 bits per heavy atom. The maximum absolute atomic E-state index is 11.8. The Balaban J connectivity index is 1.97. The highest BCUT2D eigenvalue weighted by atomic mass is 16.2. The van der Waals surface area contributed by atoms with Gasteiger partial charge in [0.05, 0.1) is 0 Å². The molecule has 2 aliphatic heterocycles. The predicted molar refractivity (Wildman–Crippen MR) is 65.4 cm³/mol. The number of piperidine rings is 2. The second kappa shape index (κ2) is 5.63. The molecular weight excluding hydrogens is 216 g/mol. The summed E-state index contributed by atoms with van der Waals surface area (Å²) in [5.74, 6) is 0.637. The van der Waals surface area contributed by atoms with E-state index >= 15 is 0 Å². The topological polar surface area (TPSA) is 49.4 Å². The first-order valence-corrected chi connectivity index (χ1v) is 6.79. The molecule has 4 heteroatoms. The van der Waals surface area contributed by atoms with Crippen LogP contribution in [0, 0.1) is 5.92 Å². The Morgan fingerprint density at radius 3 is 2.59 bits per heavy atom. The van der Waals surface area contributed by atoms with Crippen molar-refractivity contribution in [2.45, 2.75) is 51.5 Å². The van der Waals surface area contributed by atoms with Crippen LogP contribution in [0.3, 0.4) is 0 Å². The van der Waals surface area contributed by atoms with E-state index in [-0.39, 0.29) is 11.8 Å². The Hall–Kier alpha value is -0.900. The zero-order chi connectivity index (χ0) is 12.3. The van der Waals surface area contributed by atoms with Crippen molar-refractivity contribution >= 4 is 11.8 Å². The summed E-state index contributed by atoms with van der Waals surface area (Å²) >= 11 is 0. The van der Waals surface area contributed by atoms with Crippen LogP contribution in [-0.4, -0.2) is 35.8 Å². The molecule has 2 fully saturated rings. The van der Waals surface area contributed by atoms with Gasteiger partial charge in [0.15, 0.2) is 0 Å². The molecule has 2 rings (SSSR count). The molecule has 1 N–H and O–H groups in total. The van der Waals surface area contributed by atoms with Crippen LogP contribution in [0.4, 0.5) is 0 Å². The van der Waals surface area contributed by atoms with Crippen molar-refractivity contribution in [3.05, 3.63) is 0 Å². The van der Waals surface area contributed by atoms with E-state index in [2.05, 4.69) is 12.2 Å². The zero-order valence-corrected chi connectivity index (χ0v) is 10.6. The van der Waals surface area contributed by atoms with Gasteiger partial charge >= 0.3 is 0 Å². The highest BCUT2D eigenvalue weighted by Crippen LogP contribution is 2.22. The van der Waals surface area contributed by atoms with Gasteiger partial charge < -0.3 is 5.32 Å². The number of carbonyl (C=O) groups excluding carboxylic acids is 2. The van der Waals surface area contributed by atoms with Gasteiger partial charge in [-0.15, -0.1) is 0 Å². The summed E-state index contributed by atoms with van der Waals surface area (Å²) < 4.78 is 0. The number of rotatable bonds is 3. The van der Waals surface area contributed by atoms with Crippen LogP contribution in [0.5, 0.6) is 0 Å². The summed E-state index contributed by atoms with van der Waals surface area (Å²) in [6.07, 6.45) is 5.34. The molecule has 0 aromatic heterocycles. The molecule has 0 bridgehead atoms. The van der Waals surface area contributed by atoms with Gasteiger partial charge in [-0.3, -0.25) is 14.5 Å². The number of carbonyl (C=O) groups is 2. The van der Waals surface area contributed by atoms with Crippen LogP contribution < -0.4 is 5.32 Å². The Kier molecular flexibility index (Phi) is 4.15. The fourth-order valence-electron chi connectivity index (χ4n) is 2.92. The van der Waals surface area contributed by atoms with Gasteiger partial charge in [0, 0.05) is 25.4 Å². The Labute approximate surface area is 103 Å². The van der Waals surface area contributed by atoms with Crippen LogP contribution in [-0.2, 0) is 9.59 Å². The fraction of sp³-hybridized carbons (Fsp3) is 0.846. The minimum atomic E-state index is 0.0171. The van der Waals surface area contributed by atoms with Crippen molar-refractivity contribution in [3.63, 3.8) is 0 Å². The first kappa shape index (κ1) is 12.6. The molecule has 2 unspecified atom stereocenters. The second-order valence-corrected chi connectivity index (χ2v) is 5.12. The van der Waals surface area contributed by atoms with Gasteiger partial charge in [0.2, 0.25) is 11.8 Å². The highest BCUT2D eigenvalue weighted by Gasteiger charge is 2.31. The smallest absolute Gasteiger partial charge is 0.229 e. The quantitative estimate of drug-likeness (QED) is 0.754. The summed E-state index contributed by atoms with van der Waals surface area (Å²) in [6.45, 7) is 3.78. The van der Waals surface area contributed by atoms with Crippen LogP contribution in [0.25, 0.3) is 0 Å². The molecule has 4 nitrogen and oxygen atoms in total. The van der Waals surface area contributed by atoms with Crippen molar-refractivity contribution < 1.29 is 9.59 Å². The first-order chi connectivity index (χ1) is 8.22. The van der Waals surface area contributed by atoms with Gasteiger partial charge in [0.1, 0.15) is 0 Å². The van der Waals surface area contributed by atoms with Gasteiger partial charge in [-0.25, -0.2) is 0 Å². The number of imide groups is 1. The molecule has 0 aromatic rings. The minimum Gasteiger partial charge on any atom is -0.312 e. The Bertz CT molecular complexity index is 288. The highest BCUT2D eigenvalue weighted by molar-refractivity contribution is 5.97. The molecule has 0 spiro atoms. The lowest BCUT2D eigenvalue weighted by Gasteiger charge is -2.36. The summed E-state index contributed by atoms with van der Waals surface area (Å²) in [4.78, 5) is 25.0. The van der Waals surface area contributed by atoms with Gasteiger partial charge in [-0.1, -0.05) is 13.3 Å². The standard InChI is InChI=1S/C13H22N2O2/c1-2-10-5-4-8-14-11(10)9-15-12(16)6-3-7-13(15)17/h10-11,14H,2-9H2,1H3. The molecule has 0 aliphatic carbocycles. The third-order valence-corrected chi connectivity index (χ3v) is 4.01. The van der Waals surface area contributed by atoms with E-state index in [0.717, 1.165) is 19.4 Å². The third kappa shape index (κ3) is 2.86. The lowest BCUT2D eigenvalue weighted by atomic mass is 9.88. The summed E-state index contributed by atoms with van der Waals surface area (Å²) in [5, 5.41) is 3.46. The van der Waals surface area contributed by atoms with E-state index in [4.69, 9.17) is 0 Å². The largest absolute Gasteiger partial charge is 0.312 e. The van der Waals surface area contributed by atoms with Crippen molar-refractivity contribution in [2.75, 3.05) is 13.1 Å². The zero-order valence-electron chi connectivity index (χ0n) is 10.6. The molecule has 2 amide bonds. The lowest BCUT2D eigenvalue weighted by Crippen LogP contribution is -2.52. The van der Waals surface area contributed by atoms with E-state index in [1.165, 1.54) is 17.7 Å². The van der Waals surface area contributed by atoms with Gasteiger partial charge in [-0.2, -0.15) is 0 Å². The molecule has 2 heterocycles. The number of nitrogens with one attached hydrogen (secondary N) is 1. The van der Waals surface area contributed by atoms with E-state index in [1.807, 2.05) is 0 Å². The molecule has 0 saturated carbocycles. The maximum atomic E-state index is 11.8. The fourth-order valence-corrected chi connectivity index (χ4v) is 2.92. The molecule has 2 atom stereocenters. The van der Waals surface area contributed by atoms with Crippen molar-refractivity contribution in [1.29, 1.82) is 0 Å². The number of amides is 2. The lowest BCUT2D eigenvalue weighted by molar-refractivity contribution is -0.148. The van der Waals surface area contributed by atoms with Crippen LogP contribution >= 0.6 is 0 Å². The first-order valence-electron chi connectivity index (χ1n) is 6.79. The number of hydrogen-bond acceptors (Lipinski definition) is 3. The molecule has 0 radical (unpaired) electrons. The van der Waals surface area contributed by atoms with Gasteiger partial charge in [0.25, 0.3) is 0 Å². The summed E-state index contributed by atoms with van der Waals surface area (Å²) in [5.41, 5.74) is 0. The van der Waals surface area contributed by atoms with E-state index in [1.54, 1.807) is 0 Å². The SMILES string of the molecule is CCC1CCCNC1CN1C(=O)CCCC1=O. The van der Waals surface area contributed by atoms with Crippen LogP contribution in [0.1, 0.15) is 45.4 Å². The van der Waals surface area contributed by atoms with E-state index in [9.17, 15) is 9.59 Å². The molecule has 2 saturated heterocycles. The second-order valence-electron chi connectivity index (χ2n) is 5.12. The van der Waals surface area contributed by atoms with Crippen molar-refractivity contribution in [3.8, 4) is 0 Å². The molecule has 96 valence electrons. The molecule has 0 aromatic carbocycles. The van der Waals surface area contributed by atoms with E-state index < -0.39 is 0 Å². The van der Waals surface area contributed by atoms with Crippen molar-refractivity contribution in [1.82, 2.24) is 10.2 Å². The molecule has 17 heavy (non-hydrogen) atoms. The van der Waals surface area contributed by atoms with Crippen LogP contribution in [0.15, 0.2) is 0 Å². The summed E-state index contributed by atoms with van der Waals surface area (Å²) in [6, 6.07) is 0.305. The summed E-state index contributed by atoms with van der Waals surface area (Å²) in [7, 11) is 0. The molecular formula is C13H22N2O2. The number of likely N-dealkylation sites (tertiary alicyclic amines) is 1. The van der Waals surface area contributed by atoms with Crippen molar-refractivity contribution in [2.24, 2.45) is 5.92 Å². The minimum absolute atomic E-state index is 0.0171. The van der Waals surface area contributed by atoms with Gasteiger partial charge in [-0.05, 0) is 31.7 Å². The monoisotopic (exact) mass is 238 g/mol. The number of nitrogens with zero attached hydrogens (tertiary/aromatic N) is 1. The Morgan fingerprint density at radius 2 is 1.94 bits per heavy atom.